The van der Waals surface area contributed by atoms with E-state index < -0.39 is 34.0 Å². The van der Waals surface area contributed by atoms with Crippen LogP contribution in [0.15, 0.2) is 18.5 Å². The number of amides is 2. The van der Waals surface area contributed by atoms with E-state index in [4.69, 9.17) is 4.74 Å². The molecular weight excluding hydrogens is 433 g/mol. The molecule has 3 N–H and O–H groups in total. The number of rotatable bonds is 8. The Labute approximate surface area is 178 Å². The molecular formula is C18H24F3N6O3Si. The predicted molar refractivity (Wildman–Crippen MR) is 107 cm³/mol. The van der Waals surface area contributed by atoms with Crippen LogP contribution in [0.25, 0.3) is 0 Å². The molecule has 3 heterocycles. The van der Waals surface area contributed by atoms with Gasteiger partial charge in [0.15, 0.2) is 5.82 Å². The molecule has 0 aliphatic carbocycles. The highest BCUT2D eigenvalue weighted by Crippen LogP contribution is 2.27. The fourth-order valence-corrected chi connectivity index (χ4v) is 6.40. The third-order valence-electron chi connectivity index (χ3n) is 4.87. The molecule has 0 spiro atoms. The quantitative estimate of drug-likeness (QED) is 0.523. The van der Waals surface area contributed by atoms with Crippen LogP contribution in [0.1, 0.15) is 18.4 Å². The van der Waals surface area contributed by atoms with Gasteiger partial charge in [-0.25, -0.2) is 4.79 Å². The third-order valence-corrected chi connectivity index (χ3v) is 7.85. The Morgan fingerprint density at radius 3 is 2.94 bits per heavy atom. The van der Waals surface area contributed by atoms with Gasteiger partial charge in [-0.2, -0.15) is 23.4 Å². The van der Waals surface area contributed by atoms with Crippen LogP contribution < -0.4 is 16.0 Å². The fourth-order valence-electron chi connectivity index (χ4n) is 3.37. The molecule has 2 aromatic rings. The van der Waals surface area contributed by atoms with Gasteiger partial charge in [0.05, 0.1) is 25.6 Å². The van der Waals surface area contributed by atoms with Gasteiger partial charge in [0.25, 0.3) is 0 Å². The predicted octanol–water partition coefficient (Wildman–Crippen LogP) is 1.72. The molecule has 9 nitrogen and oxygen atoms in total. The van der Waals surface area contributed by atoms with Crippen molar-refractivity contribution in [1.29, 1.82) is 0 Å². The summed E-state index contributed by atoms with van der Waals surface area (Å²) in [5, 5.41) is 17.0. The number of alkyl carbamates (subject to hydrolysis) is 1. The van der Waals surface area contributed by atoms with Crippen molar-refractivity contribution < 1.29 is 27.5 Å². The number of aryl methyl sites for hydroxylation is 1. The molecule has 13 heteroatoms. The Balaban J connectivity index is 1.38. The van der Waals surface area contributed by atoms with Crippen LogP contribution in [0.5, 0.6) is 0 Å². The van der Waals surface area contributed by atoms with Gasteiger partial charge in [0, 0.05) is 25.1 Å². The fraction of sp³-hybridized carbons (Fsp3) is 0.556. The monoisotopic (exact) mass is 457 g/mol. The summed E-state index contributed by atoms with van der Waals surface area (Å²) in [5.41, 5.74) is 0.809. The van der Waals surface area contributed by atoms with Crippen molar-refractivity contribution in [1.82, 2.24) is 25.3 Å². The number of hydrogen-bond donors (Lipinski definition) is 3. The average molecular weight is 458 g/mol. The summed E-state index contributed by atoms with van der Waals surface area (Å²) in [6, 6.07) is 3.65. The van der Waals surface area contributed by atoms with Gasteiger partial charge in [-0.1, -0.05) is 6.04 Å². The molecule has 0 saturated carbocycles. The minimum absolute atomic E-state index is 0.161. The van der Waals surface area contributed by atoms with E-state index in [0.29, 0.717) is 5.82 Å². The second-order valence-corrected chi connectivity index (χ2v) is 10.2. The molecule has 1 aliphatic rings. The molecule has 1 unspecified atom stereocenters. The molecule has 1 radical (unpaired) electrons. The second-order valence-electron chi connectivity index (χ2n) is 7.52. The van der Waals surface area contributed by atoms with Gasteiger partial charge in [-0.3, -0.25) is 14.6 Å². The van der Waals surface area contributed by atoms with Crippen molar-refractivity contribution in [3.8, 4) is 0 Å². The van der Waals surface area contributed by atoms with Crippen LogP contribution in [-0.2, 0) is 23.0 Å². The van der Waals surface area contributed by atoms with Crippen molar-refractivity contribution >= 4 is 31.9 Å². The molecule has 1 aliphatic heterocycles. The molecule has 169 valence electrons. The summed E-state index contributed by atoms with van der Waals surface area (Å²) in [6.07, 6.45) is -1.73. The first kappa shape index (κ1) is 22.8. The van der Waals surface area contributed by atoms with E-state index in [0.717, 1.165) is 29.4 Å². The van der Waals surface area contributed by atoms with E-state index in [9.17, 15) is 22.8 Å². The van der Waals surface area contributed by atoms with E-state index in [-0.39, 0.29) is 24.9 Å². The number of nitrogens with zero attached hydrogens (tertiary/aromatic N) is 3. The van der Waals surface area contributed by atoms with E-state index in [2.05, 4.69) is 25.9 Å². The maximum atomic E-state index is 12.1. The van der Waals surface area contributed by atoms with E-state index in [1.54, 1.807) is 24.1 Å². The van der Waals surface area contributed by atoms with Crippen LogP contribution in [0.2, 0.25) is 12.1 Å². The topological polar surface area (TPSA) is 114 Å². The molecule has 1 saturated heterocycles. The lowest BCUT2D eigenvalue weighted by Crippen LogP contribution is -2.30. The lowest BCUT2D eigenvalue weighted by atomic mass is 10.1. The summed E-state index contributed by atoms with van der Waals surface area (Å²) in [7, 11) is 0.849. The lowest BCUT2D eigenvalue weighted by molar-refractivity contribution is -0.133. The van der Waals surface area contributed by atoms with Gasteiger partial charge >= 0.3 is 12.3 Å². The molecule has 0 bridgehead atoms. The first-order valence-corrected chi connectivity index (χ1v) is 11.7. The summed E-state index contributed by atoms with van der Waals surface area (Å²) in [4.78, 5) is 23.7. The van der Waals surface area contributed by atoms with E-state index in [1.807, 2.05) is 6.07 Å². The zero-order valence-electron chi connectivity index (χ0n) is 17.0. The maximum absolute atomic E-state index is 12.1. The Bertz CT molecular complexity index is 900. The minimum Gasteiger partial charge on any atom is -0.449 e. The van der Waals surface area contributed by atoms with Crippen LogP contribution in [0, 0.1) is 5.92 Å². The molecule has 0 aromatic carbocycles. The highest BCUT2D eigenvalue weighted by Gasteiger charge is 2.30. The first-order chi connectivity index (χ1) is 14.7. The SMILES string of the molecule is Cn1cc(CC(=O)Nc2cc([Si]3CCC(COC(=O)NCCC(F)(F)F)C3)[nH]n2)cn1. The standard InChI is InChI=1S/C18H24F3N6O3Si/c1-27-9-13(8-23-27)6-15(28)24-14-7-16(26-25-14)31-5-2-12(11-31)10-30-17(29)22-4-3-18(19,20)21/h7-9,12H,2-6,10-11H2,1H3,(H,22,29)(H2,24,25,26,28). The van der Waals surface area contributed by atoms with Crippen molar-refractivity contribution in [2.45, 2.75) is 37.5 Å². The Morgan fingerprint density at radius 1 is 1.42 bits per heavy atom. The zero-order chi connectivity index (χ0) is 22.4. The van der Waals surface area contributed by atoms with Crippen molar-refractivity contribution in [2.24, 2.45) is 13.0 Å². The lowest BCUT2D eigenvalue weighted by Gasteiger charge is -2.12. The van der Waals surface area contributed by atoms with Crippen LogP contribution in [-0.4, -0.2) is 60.1 Å². The molecule has 3 rings (SSSR count). The summed E-state index contributed by atoms with van der Waals surface area (Å²) < 4.78 is 42.9. The summed E-state index contributed by atoms with van der Waals surface area (Å²) in [5.74, 6) is 0.441. The van der Waals surface area contributed by atoms with Crippen molar-refractivity contribution in [2.75, 3.05) is 18.5 Å². The van der Waals surface area contributed by atoms with Gasteiger partial charge in [0.2, 0.25) is 5.91 Å². The normalized spacial score (nSPS) is 17.0. The number of alkyl halides is 3. The highest BCUT2D eigenvalue weighted by atomic mass is 28.3. The smallest absolute Gasteiger partial charge is 0.407 e. The number of aromatic amines is 1. The maximum Gasteiger partial charge on any atom is 0.407 e. The average Bonchev–Trinajstić information content (AvgIpc) is 3.40. The molecule has 2 aromatic heterocycles. The Kier molecular flexibility index (Phi) is 7.36. The number of nitrogens with one attached hydrogen (secondary N) is 3. The number of carbonyl (C=O) groups excluding carboxylic acids is 2. The van der Waals surface area contributed by atoms with Crippen LogP contribution in [0.3, 0.4) is 0 Å². The van der Waals surface area contributed by atoms with E-state index in [1.165, 1.54) is 0 Å². The molecule has 31 heavy (non-hydrogen) atoms. The van der Waals surface area contributed by atoms with Gasteiger partial charge < -0.3 is 15.4 Å². The number of anilines is 1. The zero-order valence-corrected chi connectivity index (χ0v) is 18.0. The first-order valence-electron chi connectivity index (χ1n) is 9.83. The van der Waals surface area contributed by atoms with E-state index >= 15 is 0 Å². The van der Waals surface area contributed by atoms with Gasteiger partial charge in [-0.15, -0.1) is 0 Å². The third kappa shape index (κ3) is 7.42. The largest absolute Gasteiger partial charge is 0.449 e. The highest BCUT2D eigenvalue weighted by molar-refractivity contribution is 6.73. The van der Waals surface area contributed by atoms with Gasteiger partial charge in [-0.05, 0) is 30.0 Å². The van der Waals surface area contributed by atoms with Crippen LogP contribution >= 0.6 is 0 Å². The summed E-state index contributed by atoms with van der Waals surface area (Å²) in [6.45, 7) is -0.319. The Morgan fingerprint density at radius 2 is 2.23 bits per heavy atom. The molecule has 1 fully saturated rings. The number of carbonyl (C=O) groups is 2. The molecule has 1 atom stereocenters. The minimum atomic E-state index is -4.31. The van der Waals surface area contributed by atoms with Crippen LogP contribution in [0.4, 0.5) is 23.8 Å². The second kappa shape index (κ2) is 9.98. The van der Waals surface area contributed by atoms with Crippen molar-refractivity contribution in [3.63, 3.8) is 0 Å². The number of aromatic nitrogens is 4. The summed E-state index contributed by atoms with van der Waals surface area (Å²) >= 11 is 0. The van der Waals surface area contributed by atoms with Gasteiger partial charge in [0.1, 0.15) is 8.80 Å². The number of hydrogen-bond acceptors (Lipinski definition) is 5. The number of halogens is 3. The number of H-pyrrole nitrogens is 1. The molecule has 2 amide bonds. The Hall–Kier alpha value is -2.83. The number of ether oxygens (including phenoxy) is 1. The van der Waals surface area contributed by atoms with Crippen molar-refractivity contribution in [3.05, 3.63) is 24.0 Å².